The van der Waals surface area contributed by atoms with Crippen LogP contribution in [-0.2, 0) is 6.54 Å². The van der Waals surface area contributed by atoms with Crippen LogP contribution in [0.1, 0.15) is 15.9 Å². The smallest absolute Gasteiger partial charge is 0.253 e. The van der Waals surface area contributed by atoms with E-state index < -0.39 is 0 Å². The zero-order valence-corrected chi connectivity index (χ0v) is 14.2. The number of nitrogens with zero attached hydrogens (tertiary/aromatic N) is 1. The van der Waals surface area contributed by atoms with E-state index in [1.807, 2.05) is 42.5 Å². The van der Waals surface area contributed by atoms with E-state index in [4.69, 9.17) is 11.6 Å². The van der Waals surface area contributed by atoms with Crippen LogP contribution < -0.4 is 5.32 Å². The predicted molar refractivity (Wildman–Crippen MR) is 90.9 cm³/mol. The molecule has 3 nitrogen and oxygen atoms in total. The number of halogens is 2. The van der Waals surface area contributed by atoms with Crippen LogP contribution in [0.4, 0.5) is 5.69 Å². The van der Waals surface area contributed by atoms with Gasteiger partial charge in [-0.25, -0.2) is 0 Å². The quantitative estimate of drug-likeness (QED) is 0.868. The number of hydrogen-bond donors (Lipinski definition) is 1. The lowest BCUT2D eigenvalue weighted by Gasteiger charge is -2.12. The summed E-state index contributed by atoms with van der Waals surface area (Å²) in [5.41, 5.74) is 2.69. The Bertz CT molecular complexity index is 658. The molecule has 21 heavy (non-hydrogen) atoms. The van der Waals surface area contributed by atoms with E-state index in [0.717, 1.165) is 15.7 Å². The Morgan fingerprint density at radius 1 is 1.24 bits per heavy atom. The second-order valence-electron chi connectivity index (χ2n) is 4.88. The molecule has 0 bridgehead atoms. The van der Waals surface area contributed by atoms with E-state index in [0.29, 0.717) is 17.1 Å². The molecule has 0 unspecified atom stereocenters. The molecular formula is C16H16BrClN2O. The first-order valence-corrected chi connectivity index (χ1v) is 7.64. The Hall–Kier alpha value is -1.52. The molecule has 0 radical (unpaired) electrons. The maximum absolute atomic E-state index is 11.9. The highest BCUT2D eigenvalue weighted by molar-refractivity contribution is 9.10. The SMILES string of the molecule is CN(C)C(=O)c1cccc(NCc2ccc(Cl)c(Br)c2)c1. The van der Waals surface area contributed by atoms with E-state index in [1.54, 1.807) is 19.0 Å². The van der Waals surface area contributed by atoms with Crippen LogP contribution in [0, 0.1) is 0 Å². The summed E-state index contributed by atoms with van der Waals surface area (Å²) in [6.07, 6.45) is 0. The number of rotatable bonds is 4. The monoisotopic (exact) mass is 366 g/mol. The molecule has 0 aliphatic heterocycles. The zero-order valence-electron chi connectivity index (χ0n) is 11.9. The van der Waals surface area contributed by atoms with Crippen molar-refractivity contribution in [3.05, 3.63) is 63.1 Å². The van der Waals surface area contributed by atoms with Gasteiger partial charge in [-0.05, 0) is 51.8 Å². The van der Waals surface area contributed by atoms with Gasteiger partial charge in [0.05, 0.1) is 5.02 Å². The molecule has 1 amide bonds. The maximum Gasteiger partial charge on any atom is 0.253 e. The van der Waals surface area contributed by atoms with E-state index >= 15 is 0 Å². The van der Waals surface area contributed by atoms with Gasteiger partial charge in [-0.15, -0.1) is 0 Å². The summed E-state index contributed by atoms with van der Waals surface area (Å²) >= 11 is 9.38. The molecule has 0 saturated carbocycles. The minimum atomic E-state index is -0.00659. The molecule has 0 fully saturated rings. The summed E-state index contributed by atoms with van der Waals surface area (Å²) in [6.45, 7) is 0.662. The summed E-state index contributed by atoms with van der Waals surface area (Å²) in [7, 11) is 3.49. The first kappa shape index (κ1) is 15.9. The lowest BCUT2D eigenvalue weighted by Crippen LogP contribution is -2.21. The highest BCUT2D eigenvalue weighted by Gasteiger charge is 2.08. The van der Waals surface area contributed by atoms with Crippen LogP contribution in [0.5, 0.6) is 0 Å². The maximum atomic E-state index is 11.9. The number of carbonyl (C=O) groups is 1. The lowest BCUT2D eigenvalue weighted by atomic mass is 10.1. The van der Waals surface area contributed by atoms with Gasteiger partial charge >= 0.3 is 0 Å². The van der Waals surface area contributed by atoms with E-state index in [2.05, 4.69) is 21.2 Å². The highest BCUT2D eigenvalue weighted by atomic mass is 79.9. The van der Waals surface area contributed by atoms with Crippen LogP contribution in [0.25, 0.3) is 0 Å². The molecular weight excluding hydrogens is 352 g/mol. The van der Waals surface area contributed by atoms with Gasteiger partial charge in [0.1, 0.15) is 0 Å². The van der Waals surface area contributed by atoms with E-state index in [9.17, 15) is 4.79 Å². The van der Waals surface area contributed by atoms with Crippen molar-refractivity contribution in [2.24, 2.45) is 0 Å². The average Bonchev–Trinajstić information content (AvgIpc) is 2.48. The summed E-state index contributed by atoms with van der Waals surface area (Å²) in [5.74, 6) is -0.00659. The fourth-order valence-corrected chi connectivity index (χ4v) is 2.42. The number of anilines is 1. The Morgan fingerprint density at radius 2 is 2.00 bits per heavy atom. The number of amides is 1. The van der Waals surface area contributed by atoms with Crippen LogP contribution in [-0.4, -0.2) is 24.9 Å². The van der Waals surface area contributed by atoms with Crippen LogP contribution in [0.3, 0.4) is 0 Å². The summed E-state index contributed by atoms with van der Waals surface area (Å²) in [6, 6.07) is 13.3. The number of benzene rings is 2. The third kappa shape index (κ3) is 4.22. The fourth-order valence-electron chi connectivity index (χ4n) is 1.87. The Balaban J connectivity index is 2.08. The average molecular weight is 368 g/mol. The normalized spacial score (nSPS) is 10.3. The van der Waals surface area contributed by atoms with Crippen molar-refractivity contribution in [3.63, 3.8) is 0 Å². The zero-order chi connectivity index (χ0) is 15.4. The van der Waals surface area contributed by atoms with Gasteiger partial charge in [0.2, 0.25) is 0 Å². The standard InChI is InChI=1S/C16H16BrClN2O/c1-20(2)16(21)12-4-3-5-13(9-12)19-10-11-6-7-15(18)14(17)8-11/h3-9,19H,10H2,1-2H3. The van der Waals surface area contributed by atoms with Crippen molar-refractivity contribution >= 4 is 39.1 Å². The van der Waals surface area contributed by atoms with Gasteiger partial charge < -0.3 is 10.2 Å². The van der Waals surface area contributed by atoms with Crippen LogP contribution in [0.15, 0.2) is 46.9 Å². The molecule has 0 aromatic heterocycles. The third-order valence-electron chi connectivity index (χ3n) is 3.00. The van der Waals surface area contributed by atoms with Gasteiger partial charge in [0.15, 0.2) is 0 Å². The minimum Gasteiger partial charge on any atom is -0.381 e. The Morgan fingerprint density at radius 3 is 2.67 bits per heavy atom. The molecule has 0 aliphatic rings. The summed E-state index contributed by atoms with van der Waals surface area (Å²) < 4.78 is 0.875. The molecule has 2 rings (SSSR count). The molecule has 2 aromatic carbocycles. The van der Waals surface area contributed by atoms with E-state index in [-0.39, 0.29) is 5.91 Å². The summed E-state index contributed by atoms with van der Waals surface area (Å²) in [5, 5.41) is 4.00. The van der Waals surface area contributed by atoms with E-state index in [1.165, 1.54) is 0 Å². The molecule has 1 N–H and O–H groups in total. The summed E-state index contributed by atoms with van der Waals surface area (Å²) in [4.78, 5) is 13.5. The first-order chi connectivity index (χ1) is 9.97. The fraction of sp³-hybridized carbons (Fsp3) is 0.188. The van der Waals surface area contributed by atoms with Crippen molar-refractivity contribution in [3.8, 4) is 0 Å². The topological polar surface area (TPSA) is 32.3 Å². The molecule has 5 heteroatoms. The molecule has 0 saturated heterocycles. The lowest BCUT2D eigenvalue weighted by molar-refractivity contribution is 0.0827. The second-order valence-corrected chi connectivity index (χ2v) is 6.14. The molecule has 0 heterocycles. The molecule has 0 aliphatic carbocycles. The third-order valence-corrected chi connectivity index (χ3v) is 4.21. The molecule has 0 spiro atoms. The van der Waals surface area contributed by atoms with Crippen molar-refractivity contribution in [2.45, 2.75) is 6.54 Å². The van der Waals surface area contributed by atoms with Crippen LogP contribution >= 0.6 is 27.5 Å². The molecule has 2 aromatic rings. The van der Waals surface area contributed by atoms with Gasteiger partial charge in [-0.1, -0.05) is 23.7 Å². The number of carbonyl (C=O) groups excluding carboxylic acids is 1. The largest absolute Gasteiger partial charge is 0.381 e. The van der Waals surface area contributed by atoms with Gasteiger partial charge in [0.25, 0.3) is 5.91 Å². The van der Waals surface area contributed by atoms with Crippen LogP contribution in [0.2, 0.25) is 5.02 Å². The van der Waals surface area contributed by atoms with Gasteiger partial charge in [-0.2, -0.15) is 0 Å². The molecule has 110 valence electrons. The Labute approximate surface area is 138 Å². The molecule has 0 atom stereocenters. The van der Waals surface area contributed by atoms with Crippen molar-refractivity contribution in [2.75, 3.05) is 19.4 Å². The van der Waals surface area contributed by atoms with Crippen molar-refractivity contribution < 1.29 is 4.79 Å². The number of nitrogens with one attached hydrogen (secondary N) is 1. The van der Waals surface area contributed by atoms with Crippen molar-refractivity contribution in [1.29, 1.82) is 0 Å². The Kier molecular flexibility index (Phi) is 5.26. The highest BCUT2D eigenvalue weighted by Crippen LogP contribution is 2.23. The minimum absolute atomic E-state index is 0.00659. The number of hydrogen-bond acceptors (Lipinski definition) is 2. The van der Waals surface area contributed by atoms with Gasteiger partial charge in [-0.3, -0.25) is 4.79 Å². The first-order valence-electron chi connectivity index (χ1n) is 6.47. The van der Waals surface area contributed by atoms with Crippen molar-refractivity contribution in [1.82, 2.24) is 4.90 Å². The predicted octanol–water partition coefficient (Wildman–Crippen LogP) is 4.42. The second kappa shape index (κ2) is 6.96. The van der Waals surface area contributed by atoms with Gasteiger partial charge in [0, 0.05) is 36.4 Å².